The van der Waals surface area contributed by atoms with Crippen LogP contribution < -0.4 is 20.3 Å². The molecule has 8 nitrogen and oxygen atoms in total. The van der Waals surface area contributed by atoms with Crippen molar-refractivity contribution >= 4 is 43.7 Å². The van der Waals surface area contributed by atoms with Crippen molar-refractivity contribution in [2.75, 3.05) is 13.2 Å². The van der Waals surface area contributed by atoms with Gasteiger partial charge in [-0.2, -0.15) is 0 Å². The molecule has 0 unspecified atom stereocenters. The van der Waals surface area contributed by atoms with E-state index in [1.54, 1.807) is 24.3 Å². The molecule has 0 spiro atoms. The van der Waals surface area contributed by atoms with Gasteiger partial charge in [0.15, 0.2) is 11.6 Å². The Labute approximate surface area is 286 Å². The lowest BCUT2D eigenvalue weighted by Crippen LogP contribution is -2.53. The molecule has 246 valence electrons. The number of nitrogens with one attached hydrogen (secondary N) is 2. The Morgan fingerprint density at radius 2 is 1.62 bits per heavy atom. The Balaban J connectivity index is 1.46. The molecule has 5 rings (SSSR count). The lowest BCUT2D eigenvalue weighted by Gasteiger charge is -2.31. The number of ether oxygens (including phenoxy) is 3. The van der Waals surface area contributed by atoms with Crippen molar-refractivity contribution in [3.8, 4) is 11.5 Å². The van der Waals surface area contributed by atoms with Gasteiger partial charge in [0.1, 0.15) is 11.5 Å². The Morgan fingerprint density at radius 3 is 2.28 bits per heavy atom. The number of rotatable bonds is 13. The molecule has 47 heavy (non-hydrogen) atoms. The van der Waals surface area contributed by atoms with Crippen LogP contribution in [0.1, 0.15) is 34.8 Å². The molecule has 0 saturated carbocycles. The van der Waals surface area contributed by atoms with Crippen molar-refractivity contribution in [1.82, 2.24) is 10.9 Å². The second kappa shape index (κ2) is 15.3. The molecule has 1 heterocycles. The highest BCUT2D eigenvalue weighted by Gasteiger charge is 2.53. The molecule has 0 aliphatic carbocycles. The van der Waals surface area contributed by atoms with Crippen LogP contribution in [0.15, 0.2) is 111 Å². The summed E-state index contributed by atoms with van der Waals surface area (Å²) in [6.45, 7) is 0.508. The first kappa shape index (κ1) is 34.4. The summed E-state index contributed by atoms with van der Waals surface area (Å²) in [7, 11) is 0. The van der Waals surface area contributed by atoms with Gasteiger partial charge in [0.25, 0.3) is 5.91 Å². The van der Waals surface area contributed by atoms with Gasteiger partial charge in [-0.15, -0.1) is 13.2 Å². The van der Waals surface area contributed by atoms with Gasteiger partial charge in [-0.3, -0.25) is 10.2 Å². The Bertz CT molecular complexity index is 1690. The third kappa shape index (κ3) is 8.92. The van der Waals surface area contributed by atoms with Crippen LogP contribution in [0.3, 0.4) is 0 Å². The Hall–Kier alpha value is -3.91. The van der Waals surface area contributed by atoms with Crippen molar-refractivity contribution in [2.24, 2.45) is 4.99 Å². The monoisotopic (exact) mass is 775 g/mol. The van der Waals surface area contributed by atoms with Crippen molar-refractivity contribution in [1.29, 1.82) is 0 Å². The van der Waals surface area contributed by atoms with E-state index in [0.717, 1.165) is 20.1 Å². The van der Waals surface area contributed by atoms with Crippen LogP contribution in [0, 0.1) is 0 Å². The third-order valence-electron chi connectivity index (χ3n) is 7.27. The van der Waals surface area contributed by atoms with Crippen LogP contribution in [0.5, 0.6) is 11.5 Å². The number of aliphatic hydroxyl groups excluding tert-OH is 1. The molecule has 0 aromatic heterocycles. The number of alkyl halides is 3. The molecule has 13 heteroatoms. The van der Waals surface area contributed by atoms with Crippen LogP contribution >= 0.6 is 31.9 Å². The smallest absolute Gasteiger partial charge is 0.494 e. The largest absolute Gasteiger partial charge is 0.573 e. The molecule has 1 amide bonds. The summed E-state index contributed by atoms with van der Waals surface area (Å²) < 4.78 is 55.5. The number of hydrogen-bond donors (Lipinski definition) is 3. The average Bonchev–Trinajstić information content (AvgIpc) is 3.43. The van der Waals surface area contributed by atoms with Gasteiger partial charge >= 0.3 is 6.36 Å². The van der Waals surface area contributed by atoms with Crippen LogP contribution in [0.25, 0.3) is 0 Å². The topological polar surface area (TPSA) is 101 Å². The van der Waals surface area contributed by atoms with Gasteiger partial charge in [0.05, 0.1) is 6.61 Å². The van der Waals surface area contributed by atoms with E-state index in [-0.39, 0.29) is 31.2 Å². The summed E-state index contributed by atoms with van der Waals surface area (Å²) >= 11 is 7.08. The van der Waals surface area contributed by atoms with E-state index in [2.05, 4.69) is 47.4 Å². The highest BCUT2D eigenvalue weighted by Crippen LogP contribution is 2.43. The third-order valence-corrected chi connectivity index (χ3v) is 8.57. The Kier molecular flexibility index (Phi) is 11.2. The predicted octanol–water partition coefficient (Wildman–Crippen LogP) is 7.19. The molecule has 1 aliphatic rings. The highest BCUT2D eigenvalue weighted by atomic mass is 79.9. The molecule has 3 N–H and O–H groups in total. The minimum Gasteiger partial charge on any atom is -0.494 e. The molecular weight excluding hydrogens is 747 g/mol. The van der Waals surface area contributed by atoms with Crippen LogP contribution in [0.2, 0.25) is 0 Å². The quantitative estimate of drug-likeness (QED) is 0.0983. The summed E-state index contributed by atoms with van der Waals surface area (Å²) in [5, 5.41) is 9.04. The molecule has 4 aromatic carbocycles. The van der Waals surface area contributed by atoms with Gasteiger partial charge < -0.3 is 19.3 Å². The summed E-state index contributed by atoms with van der Waals surface area (Å²) in [5.74, 6) is 0.0638. The number of halogens is 5. The standard InChI is InChI=1S/C34H30Br2F3N3O5/c35-26-12-8-23(9-13-26)30-33(20-25-4-1-2-5-29(25)36,41-31(46-30)24-10-16-27(17-11-24)45-19-3-18-43)32(44)42-40-21-22-6-14-28(15-7-22)47-34(37,38)39/h1-2,4-17,30,40,43H,3,18-21H2,(H,42,44)/t30-,33-/m0/s1. The zero-order valence-electron chi connectivity index (χ0n) is 24.8. The van der Waals surface area contributed by atoms with E-state index in [1.165, 1.54) is 24.3 Å². The van der Waals surface area contributed by atoms with E-state index in [9.17, 15) is 18.0 Å². The number of carbonyl (C=O) groups excluding carboxylic acids is 1. The fourth-order valence-electron chi connectivity index (χ4n) is 5.00. The maximum absolute atomic E-state index is 14.3. The molecular formula is C34H30Br2F3N3O5. The van der Waals surface area contributed by atoms with E-state index in [0.29, 0.717) is 29.9 Å². The molecule has 1 aliphatic heterocycles. The zero-order valence-corrected chi connectivity index (χ0v) is 27.9. The van der Waals surface area contributed by atoms with Gasteiger partial charge in [0, 0.05) is 40.5 Å². The highest BCUT2D eigenvalue weighted by molar-refractivity contribution is 9.10. The number of aliphatic hydroxyl groups is 1. The first-order valence-corrected chi connectivity index (χ1v) is 16.1. The number of nitrogens with zero attached hydrogens (tertiary/aromatic N) is 1. The molecule has 2 atom stereocenters. The van der Waals surface area contributed by atoms with E-state index < -0.39 is 23.9 Å². The average molecular weight is 777 g/mol. The molecule has 0 fully saturated rings. The predicted molar refractivity (Wildman–Crippen MR) is 177 cm³/mol. The first-order chi connectivity index (χ1) is 22.6. The Morgan fingerprint density at radius 1 is 0.936 bits per heavy atom. The van der Waals surface area contributed by atoms with Gasteiger partial charge in [-0.25, -0.2) is 10.4 Å². The van der Waals surface area contributed by atoms with Crippen LogP contribution in [-0.4, -0.2) is 42.0 Å². The maximum Gasteiger partial charge on any atom is 0.573 e. The van der Waals surface area contributed by atoms with E-state index in [1.807, 2.05) is 48.5 Å². The van der Waals surface area contributed by atoms with E-state index >= 15 is 0 Å². The number of amides is 1. The zero-order chi connectivity index (χ0) is 33.4. The maximum atomic E-state index is 14.3. The van der Waals surface area contributed by atoms with Crippen molar-refractivity contribution in [2.45, 2.75) is 37.4 Å². The molecule has 0 bridgehead atoms. The fourth-order valence-corrected chi connectivity index (χ4v) is 5.69. The van der Waals surface area contributed by atoms with Gasteiger partial charge in [-0.1, -0.05) is 74.3 Å². The molecule has 0 radical (unpaired) electrons. The number of aliphatic imine (C=N–C) groups is 1. The van der Waals surface area contributed by atoms with Crippen molar-refractivity contribution in [3.63, 3.8) is 0 Å². The number of benzene rings is 4. The lowest BCUT2D eigenvalue weighted by molar-refractivity contribution is -0.274. The summed E-state index contributed by atoms with van der Waals surface area (Å²) in [5.41, 5.74) is 6.98. The normalized spacial score (nSPS) is 17.5. The summed E-state index contributed by atoms with van der Waals surface area (Å²) in [6, 6.07) is 27.5. The van der Waals surface area contributed by atoms with Crippen molar-refractivity contribution in [3.05, 3.63) is 128 Å². The van der Waals surface area contributed by atoms with Gasteiger partial charge in [0.2, 0.25) is 5.90 Å². The first-order valence-electron chi connectivity index (χ1n) is 14.5. The molecule has 0 saturated heterocycles. The molecule has 4 aromatic rings. The number of carbonyl (C=O) groups is 1. The SMILES string of the molecule is O=C(NNCc1ccc(OC(F)(F)F)cc1)[C@@]1(Cc2ccccc2Br)N=C(c2ccc(OCCCO)cc2)O[C@H]1c1ccc(Br)cc1. The van der Waals surface area contributed by atoms with E-state index in [4.69, 9.17) is 19.6 Å². The summed E-state index contributed by atoms with van der Waals surface area (Å²) in [6.07, 6.45) is -4.96. The number of hydrogen-bond acceptors (Lipinski definition) is 7. The van der Waals surface area contributed by atoms with Crippen LogP contribution in [0.4, 0.5) is 13.2 Å². The second-order valence-corrected chi connectivity index (χ2v) is 12.4. The fraction of sp³-hybridized carbons (Fsp3) is 0.235. The van der Waals surface area contributed by atoms with Gasteiger partial charge in [-0.05, 0) is 71.3 Å². The lowest BCUT2D eigenvalue weighted by atomic mass is 9.82. The summed E-state index contributed by atoms with van der Waals surface area (Å²) in [4.78, 5) is 19.3. The van der Waals surface area contributed by atoms with Crippen LogP contribution in [-0.2, 0) is 22.5 Å². The minimum absolute atomic E-state index is 0.0277. The van der Waals surface area contributed by atoms with Crippen molar-refractivity contribution < 1.29 is 37.3 Å². The minimum atomic E-state index is -4.79. The number of hydrazine groups is 1. The second-order valence-electron chi connectivity index (χ2n) is 10.6.